The van der Waals surface area contributed by atoms with Crippen molar-refractivity contribution in [2.75, 3.05) is 17.6 Å². The molecule has 174 valence electrons. The number of fused-ring (bicyclic) bond motifs is 1. The van der Waals surface area contributed by atoms with Crippen molar-refractivity contribution >= 4 is 40.2 Å². The lowest BCUT2D eigenvalue weighted by Gasteiger charge is -2.09. The number of carbonyl (C=O) groups is 2. The molecule has 0 saturated heterocycles. The van der Waals surface area contributed by atoms with Crippen molar-refractivity contribution in [1.82, 2.24) is 9.88 Å². The molecule has 0 radical (unpaired) electrons. The fraction of sp³-hybridized carbons (Fsp3) is 0.185. The van der Waals surface area contributed by atoms with Gasteiger partial charge in [-0.1, -0.05) is 47.5 Å². The van der Waals surface area contributed by atoms with Gasteiger partial charge in [0, 0.05) is 40.6 Å². The minimum absolute atomic E-state index is 0.0947. The van der Waals surface area contributed by atoms with Crippen LogP contribution in [0.3, 0.4) is 0 Å². The van der Waals surface area contributed by atoms with Gasteiger partial charge >= 0.3 is 0 Å². The highest BCUT2D eigenvalue weighted by molar-refractivity contribution is 8.00. The highest BCUT2D eigenvalue weighted by Gasteiger charge is 2.13. The Hall–Kier alpha value is -3.58. The normalized spacial score (nSPS) is 10.9. The molecule has 0 saturated carbocycles. The molecule has 0 aliphatic rings. The van der Waals surface area contributed by atoms with Crippen LogP contribution in [-0.2, 0) is 11.3 Å². The number of rotatable bonds is 8. The van der Waals surface area contributed by atoms with E-state index in [4.69, 9.17) is 0 Å². The summed E-state index contributed by atoms with van der Waals surface area (Å²) in [7, 11) is 0. The number of aryl methyl sites for hydroxylation is 2. The molecule has 0 atom stereocenters. The van der Waals surface area contributed by atoms with Gasteiger partial charge in [0.2, 0.25) is 5.91 Å². The lowest BCUT2D eigenvalue weighted by atomic mass is 10.1. The molecule has 0 spiro atoms. The van der Waals surface area contributed by atoms with E-state index in [2.05, 4.69) is 15.2 Å². The number of benzene rings is 3. The zero-order valence-electron chi connectivity index (χ0n) is 19.1. The summed E-state index contributed by atoms with van der Waals surface area (Å²) in [4.78, 5) is 25.9. The van der Waals surface area contributed by atoms with Gasteiger partial charge in [-0.25, -0.2) is 4.39 Å². The van der Waals surface area contributed by atoms with Gasteiger partial charge in [-0.2, -0.15) is 0 Å². The molecule has 0 aliphatic carbocycles. The van der Waals surface area contributed by atoms with Crippen LogP contribution in [-0.4, -0.2) is 28.7 Å². The topological polar surface area (TPSA) is 63.1 Å². The summed E-state index contributed by atoms with van der Waals surface area (Å²) >= 11 is 1.40. The molecule has 4 rings (SSSR count). The minimum atomic E-state index is -0.458. The summed E-state index contributed by atoms with van der Waals surface area (Å²) in [5.41, 5.74) is 3.98. The predicted molar refractivity (Wildman–Crippen MR) is 136 cm³/mol. The Balaban J connectivity index is 1.40. The van der Waals surface area contributed by atoms with Crippen molar-refractivity contribution in [2.45, 2.75) is 25.3 Å². The number of nitrogens with one attached hydrogen (secondary N) is 2. The van der Waals surface area contributed by atoms with E-state index in [-0.39, 0.29) is 23.3 Å². The van der Waals surface area contributed by atoms with E-state index < -0.39 is 5.82 Å². The number of halogens is 1. The summed E-state index contributed by atoms with van der Waals surface area (Å²) in [6.45, 7) is 5.03. The van der Waals surface area contributed by atoms with Gasteiger partial charge in [-0.15, -0.1) is 11.8 Å². The van der Waals surface area contributed by atoms with Crippen LogP contribution in [0.4, 0.5) is 10.1 Å². The second-order valence-electron chi connectivity index (χ2n) is 8.15. The Labute approximate surface area is 202 Å². The van der Waals surface area contributed by atoms with Gasteiger partial charge in [-0.3, -0.25) is 9.59 Å². The van der Waals surface area contributed by atoms with Gasteiger partial charge in [0.05, 0.1) is 11.4 Å². The second kappa shape index (κ2) is 10.6. The first-order valence-electron chi connectivity index (χ1n) is 11.0. The highest BCUT2D eigenvalue weighted by atomic mass is 32.2. The minimum Gasteiger partial charge on any atom is -0.350 e. The van der Waals surface area contributed by atoms with Gasteiger partial charge < -0.3 is 15.2 Å². The molecule has 0 fully saturated rings. The van der Waals surface area contributed by atoms with Gasteiger partial charge in [0.25, 0.3) is 5.91 Å². The van der Waals surface area contributed by atoms with Gasteiger partial charge in [0.15, 0.2) is 0 Å². The molecule has 5 nitrogen and oxygen atoms in total. The van der Waals surface area contributed by atoms with Crippen LogP contribution in [0.5, 0.6) is 0 Å². The number of anilines is 1. The Kier molecular flexibility index (Phi) is 7.33. The number of thioether (sulfide) groups is 1. The Bertz CT molecular complexity index is 1330. The van der Waals surface area contributed by atoms with E-state index in [0.717, 1.165) is 26.9 Å². The Morgan fingerprint density at radius 3 is 2.44 bits per heavy atom. The average Bonchev–Trinajstić information content (AvgIpc) is 3.16. The number of amides is 2. The SMILES string of the molecule is Cc1cc(C)cc(C(=O)NCCn2cc(SCC(=O)Nc3ccccc3F)c3ccccc32)c1. The molecule has 1 aromatic heterocycles. The number of hydrogen-bond donors (Lipinski definition) is 2. The van der Waals surface area contributed by atoms with Crippen molar-refractivity contribution in [2.24, 2.45) is 0 Å². The number of nitrogens with zero attached hydrogens (tertiary/aromatic N) is 1. The quantitative estimate of drug-likeness (QED) is 0.328. The maximum absolute atomic E-state index is 13.8. The Morgan fingerprint density at radius 1 is 0.971 bits per heavy atom. The lowest BCUT2D eigenvalue weighted by Crippen LogP contribution is -2.27. The van der Waals surface area contributed by atoms with E-state index in [1.165, 1.54) is 23.9 Å². The zero-order valence-corrected chi connectivity index (χ0v) is 19.9. The van der Waals surface area contributed by atoms with Crippen LogP contribution < -0.4 is 10.6 Å². The maximum Gasteiger partial charge on any atom is 0.251 e. The Morgan fingerprint density at radius 2 is 1.68 bits per heavy atom. The van der Waals surface area contributed by atoms with Crippen LogP contribution in [0.2, 0.25) is 0 Å². The average molecular weight is 476 g/mol. The fourth-order valence-corrected chi connectivity index (χ4v) is 4.79. The smallest absolute Gasteiger partial charge is 0.251 e. The predicted octanol–water partition coefficient (Wildman–Crippen LogP) is 5.56. The number of aromatic nitrogens is 1. The summed E-state index contributed by atoms with van der Waals surface area (Å²) < 4.78 is 15.9. The van der Waals surface area contributed by atoms with E-state index in [1.54, 1.807) is 12.1 Å². The third-order valence-electron chi connectivity index (χ3n) is 5.38. The maximum atomic E-state index is 13.8. The summed E-state index contributed by atoms with van der Waals surface area (Å²) in [5.74, 6) is -0.665. The molecule has 0 bridgehead atoms. The highest BCUT2D eigenvalue weighted by Crippen LogP contribution is 2.30. The van der Waals surface area contributed by atoms with Crippen molar-refractivity contribution in [1.29, 1.82) is 0 Å². The molecule has 2 N–H and O–H groups in total. The summed E-state index contributed by atoms with van der Waals surface area (Å²) in [6.07, 6.45) is 1.99. The number of hydrogen-bond acceptors (Lipinski definition) is 3. The fourth-order valence-electron chi connectivity index (χ4n) is 3.90. The monoisotopic (exact) mass is 475 g/mol. The first-order chi connectivity index (χ1) is 16.4. The standard InChI is InChI=1S/C27H26FN3O2S/c1-18-13-19(2)15-20(14-18)27(33)29-11-12-31-16-25(21-7-3-6-10-24(21)31)34-17-26(32)30-23-9-5-4-8-22(23)28/h3-10,13-16H,11-12,17H2,1-2H3,(H,29,33)(H,30,32). The summed E-state index contributed by atoms with van der Waals surface area (Å²) in [6, 6.07) is 19.9. The molecule has 4 aromatic rings. The van der Waals surface area contributed by atoms with Crippen LogP contribution in [0.15, 0.2) is 77.8 Å². The van der Waals surface area contributed by atoms with Gasteiger partial charge in [-0.05, 0) is 44.2 Å². The molecule has 0 unspecified atom stereocenters. The van der Waals surface area contributed by atoms with Crippen LogP contribution in [0, 0.1) is 19.7 Å². The third-order valence-corrected chi connectivity index (χ3v) is 6.42. The van der Waals surface area contributed by atoms with Crippen molar-refractivity contribution < 1.29 is 14.0 Å². The second-order valence-corrected chi connectivity index (χ2v) is 9.17. The van der Waals surface area contributed by atoms with E-state index >= 15 is 0 Å². The van der Waals surface area contributed by atoms with Gasteiger partial charge in [0.1, 0.15) is 5.82 Å². The summed E-state index contributed by atoms with van der Waals surface area (Å²) in [5, 5.41) is 6.64. The van der Waals surface area contributed by atoms with Crippen molar-refractivity contribution in [3.63, 3.8) is 0 Å². The van der Waals surface area contributed by atoms with E-state index in [0.29, 0.717) is 18.7 Å². The van der Waals surface area contributed by atoms with Crippen molar-refractivity contribution in [3.8, 4) is 0 Å². The zero-order chi connectivity index (χ0) is 24.1. The lowest BCUT2D eigenvalue weighted by molar-refractivity contribution is -0.113. The first-order valence-corrected chi connectivity index (χ1v) is 12.0. The molecule has 3 aromatic carbocycles. The molecule has 2 amide bonds. The van der Waals surface area contributed by atoms with Crippen molar-refractivity contribution in [3.05, 3.63) is 95.4 Å². The molecule has 1 heterocycles. The molecular formula is C27H26FN3O2S. The largest absolute Gasteiger partial charge is 0.350 e. The molecular weight excluding hydrogens is 449 g/mol. The van der Waals surface area contributed by atoms with E-state index in [1.807, 2.05) is 62.5 Å². The molecule has 0 aliphatic heterocycles. The van der Waals surface area contributed by atoms with E-state index in [9.17, 15) is 14.0 Å². The van der Waals surface area contributed by atoms with Crippen LogP contribution in [0.1, 0.15) is 21.5 Å². The number of para-hydroxylation sites is 2. The third kappa shape index (κ3) is 5.66. The molecule has 7 heteroatoms. The van der Waals surface area contributed by atoms with Crippen LogP contribution in [0.25, 0.3) is 10.9 Å². The first kappa shape index (κ1) is 23.6. The van der Waals surface area contributed by atoms with Crippen LogP contribution >= 0.6 is 11.8 Å². The number of carbonyl (C=O) groups excluding carboxylic acids is 2. The molecule has 34 heavy (non-hydrogen) atoms.